The highest BCUT2D eigenvalue weighted by Gasteiger charge is 2.52. The first-order valence-corrected chi connectivity index (χ1v) is 4.00. The van der Waals surface area contributed by atoms with E-state index < -0.39 is 42.5 Å². The zero-order valence-corrected chi connectivity index (χ0v) is 7.40. The zero-order chi connectivity index (χ0) is 11.8. The molecule has 0 spiro atoms. The Labute approximate surface area is 83.3 Å². The Morgan fingerprint density at radius 2 is 1.80 bits per heavy atom. The molecule has 0 aliphatic carbocycles. The van der Waals surface area contributed by atoms with Crippen molar-refractivity contribution in [2.24, 2.45) is 0 Å². The molecule has 8 nitrogen and oxygen atoms in total. The standard InChI is InChI=1S/C7H10O8/c8-2-1-7(14,6(12)13)15-4(3(2)9)5(10)11/h2-4,8-9,14H,1H2,(H,10,11)(H,12,13)/t2-,3-,4+,7-/m1/s1. The van der Waals surface area contributed by atoms with Gasteiger partial charge >= 0.3 is 11.9 Å². The molecule has 8 heteroatoms. The lowest BCUT2D eigenvalue weighted by Gasteiger charge is -2.37. The van der Waals surface area contributed by atoms with Gasteiger partial charge in [-0.2, -0.15) is 0 Å². The number of ether oxygens (including phenoxy) is 1. The van der Waals surface area contributed by atoms with E-state index in [-0.39, 0.29) is 0 Å². The van der Waals surface area contributed by atoms with Gasteiger partial charge in [0.1, 0.15) is 6.10 Å². The summed E-state index contributed by atoms with van der Waals surface area (Å²) in [5.41, 5.74) is 0. The normalized spacial score (nSPS) is 41.1. The molecule has 4 atom stereocenters. The first-order valence-electron chi connectivity index (χ1n) is 4.00. The summed E-state index contributed by atoms with van der Waals surface area (Å²) < 4.78 is 4.33. The Hall–Kier alpha value is -1.22. The number of hydrogen-bond acceptors (Lipinski definition) is 6. The van der Waals surface area contributed by atoms with Crippen molar-refractivity contribution >= 4 is 11.9 Å². The van der Waals surface area contributed by atoms with Crippen LogP contribution in [0.4, 0.5) is 0 Å². The minimum Gasteiger partial charge on any atom is -0.479 e. The van der Waals surface area contributed by atoms with Crippen LogP contribution in [0.3, 0.4) is 0 Å². The largest absolute Gasteiger partial charge is 0.479 e. The average Bonchev–Trinajstić information content (AvgIpc) is 2.10. The summed E-state index contributed by atoms with van der Waals surface area (Å²) in [6, 6.07) is 0. The van der Waals surface area contributed by atoms with Crippen LogP contribution in [-0.2, 0) is 14.3 Å². The number of hydrogen-bond donors (Lipinski definition) is 5. The molecule has 0 unspecified atom stereocenters. The van der Waals surface area contributed by atoms with Crippen LogP contribution < -0.4 is 0 Å². The molecule has 1 aliphatic heterocycles. The third kappa shape index (κ3) is 2.07. The Morgan fingerprint density at radius 3 is 2.20 bits per heavy atom. The van der Waals surface area contributed by atoms with Crippen LogP contribution in [0.1, 0.15) is 6.42 Å². The Bertz CT molecular complexity index is 289. The highest BCUT2D eigenvalue weighted by Crippen LogP contribution is 2.27. The fraction of sp³-hybridized carbons (Fsp3) is 0.714. The van der Waals surface area contributed by atoms with Crippen molar-refractivity contribution in [3.63, 3.8) is 0 Å². The van der Waals surface area contributed by atoms with E-state index >= 15 is 0 Å². The highest BCUT2D eigenvalue weighted by molar-refractivity contribution is 5.78. The van der Waals surface area contributed by atoms with Crippen LogP contribution in [-0.4, -0.2) is 61.6 Å². The predicted molar refractivity (Wildman–Crippen MR) is 41.7 cm³/mol. The monoisotopic (exact) mass is 222 g/mol. The van der Waals surface area contributed by atoms with Crippen molar-refractivity contribution in [3.05, 3.63) is 0 Å². The maximum absolute atomic E-state index is 10.5. The Balaban J connectivity index is 2.93. The van der Waals surface area contributed by atoms with E-state index in [0.29, 0.717) is 0 Å². The van der Waals surface area contributed by atoms with Gasteiger partial charge in [-0.1, -0.05) is 0 Å². The molecule has 0 bridgehead atoms. The smallest absolute Gasteiger partial charge is 0.364 e. The van der Waals surface area contributed by atoms with Crippen molar-refractivity contribution in [1.29, 1.82) is 0 Å². The second kappa shape index (κ2) is 3.74. The molecule has 1 rings (SSSR count). The summed E-state index contributed by atoms with van der Waals surface area (Å²) in [6.07, 6.45) is -6.23. The van der Waals surface area contributed by atoms with Crippen LogP contribution in [0.2, 0.25) is 0 Å². The lowest BCUT2D eigenvalue weighted by Crippen LogP contribution is -2.60. The number of carbonyl (C=O) groups is 2. The third-order valence-electron chi connectivity index (χ3n) is 2.09. The van der Waals surface area contributed by atoms with E-state index in [4.69, 9.17) is 20.4 Å². The first-order chi connectivity index (χ1) is 6.78. The third-order valence-corrected chi connectivity index (χ3v) is 2.09. The SMILES string of the molecule is O=C(O)[C@H]1O[C@@](O)(C(=O)O)C[C@@H](O)[C@H]1O. The first kappa shape index (κ1) is 11.9. The van der Waals surface area contributed by atoms with Crippen molar-refractivity contribution in [2.45, 2.75) is 30.5 Å². The maximum Gasteiger partial charge on any atom is 0.364 e. The molecule has 0 aromatic rings. The quantitative estimate of drug-likeness (QED) is 0.341. The van der Waals surface area contributed by atoms with E-state index in [0.717, 1.165) is 0 Å². The van der Waals surface area contributed by atoms with Crippen molar-refractivity contribution < 1.29 is 39.9 Å². The number of aliphatic carboxylic acids is 2. The Morgan fingerprint density at radius 1 is 1.27 bits per heavy atom. The van der Waals surface area contributed by atoms with E-state index in [9.17, 15) is 14.7 Å². The molecule has 0 aromatic heterocycles. The fourth-order valence-corrected chi connectivity index (χ4v) is 1.27. The summed E-state index contributed by atoms with van der Waals surface area (Å²) in [5, 5.41) is 44.7. The van der Waals surface area contributed by atoms with Gasteiger partial charge < -0.3 is 30.3 Å². The lowest BCUT2D eigenvalue weighted by atomic mass is 9.95. The highest BCUT2D eigenvalue weighted by atomic mass is 16.7. The van der Waals surface area contributed by atoms with Crippen molar-refractivity contribution in [1.82, 2.24) is 0 Å². The summed E-state index contributed by atoms with van der Waals surface area (Å²) >= 11 is 0. The molecule has 1 saturated heterocycles. The van der Waals surface area contributed by atoms with Gasteiger partial charge in [0, 0.05) is 6.42 Å². The molecule has 86 valence electrons. The Kier molecular flexibility index (Phi) is 2.95. The van der Waals surface area contributed by atoms with Gasteiger partial charge in [-0.05, 0) is 0 Å². The second-order valence-corrected chi connectivity index (χ2v) is 3.23. The minimum atomic E-state index is -2.79. The van der Waals surface area contributed by atoms with E-state index in [2.05, 4.69) is 4.74 Å². The van der Waals surface area contributed by atoms with Crippen LogP contribution >= 0.6 is 0 Å². The summed E-state index contributed by atoms with van der Waals surface area (Å²) in [4.78, 5) is 21.1. The molecule has 5 N–H and O–H groups in total. The topological polar surface area (TPSA) is 145 Å². The van der Waals surface area contributed by atoms with E-state index in [1.165, 1.54) is 0 Å². The fourth-order valence-electron chi connectivity index (χ4n) is 1.27. The molecule has 1 aliphatic rings. The van der Waals surface area contributed by atoms with Gasteiger partial charge in [-0.25, -0.2) is 9.59 Å². The van der Waals surface area contributed by atoms with Crippen LogP contribution in [0.15, 0.2) is 0 Å². The number of carboxylic acid groups (broad SMARTS) is 2. The number of aliphatic hydroxyl groups excluding tert-OH is 2. The van der Waals surface area contributed by atoms with Gasteiger partial charge in [0.05, 0.1) is 6.10 Å². The average molecular weight is 222 g/mol. The van der Waals surface area contributed by atoms with Crippen molar-refractivity contribution in [3.8, 4) is 0 Å². The minimum absolute atomic E-state index is 0.798. The molecule has 1 fully saturated rings. The predicted octanol–water partition coefficient (Wildman–Crippen LogP) is -2.65. The van der Waals surface area contributed by atoms with E-state index in [1.54, 1.807) is 0 Å². The maximum atomic E-state index is 10.5. The number of aliphatic hydroxyl groups is 3. The van der Waals surface area contributed by atoms with Gasteiger partial charge in [-0.15, -0.1) is 0 Å². The van der Waals surface area contributed by atoms with Gasteiger partial charge in [-0.3, -0.25) is 0 Å². The number of carboxylic acids is 2. The van der Waals surface area contributed by atoms with Gasteiger partial charge in [0.25, 0.3) is 5.79 Å². The van der Waals surface area contributed by atoms with Gasteiger partial charge in [0.2, 0.25) is 0 Å². The molecular formula is C7H10O8. The molecular weight excluding hydrogens is 212 g/mol. The molecule has 1 heterocycles. The van der Waals surface area contributed by atoms with Gasteiger partial charge in [0.15, 0.2) is 6.10 Å². The number of rotatable bonds is 2. The van der Waals surface area contributed by atoms with Crippen LogP contribution in [0, 0.1) is 0 Å². The molecule has 0 amide bonds. The van der Waals surface area contributed by atoms with Crippen LogP contribution in [0.5, 0.6) is 0 Å². The second-order valence-electron chi connectivity index (χ2n) is 3.23. The molecule has 0 saturated carbocycles. The summed E-state index contributed by atoms with van der Waals surface area (Å²) in [7, 11) is 0. The lowest BCUT2D eigenvalue weighted by molar-refractivity contribution is -0.291. The summed E-state index contributed by atoms with van der Waals surface area (Å²) in [6.45, 7) is 0. The zero-order valence-electron chi connectivity index (χ0n) is 7.40. The van der Waals surface area contributed by atoms with E-state index in [1.807, 2.05) is 0 Å². The molecule has 15 heavy (non-hydrogen) atoms. The van der Waals surface area contributed by atoms with Crippen LogP contribution in [0.25, 0.3) is 0 Å². The van der Waals surface area contributed by atoms with Crippen molar-refractivity contribution in [2.75, 3.05) is 0 Å². The molecule has 0 radical (unpaired) electrons. The summed E-state index contributed by atoms with van der Waals surface area (Å²) in [5.74, 6) is -6.28. The molecule has 0 aromatic carbocycles.